The summed E-state index contributed by atoms with van der Waals surface area (Å²) in [5, 5.41) is 1.15. The maximum absolute atomic E-state index is 7.19. The maximum atomic E-state index is 7.19. The fraction of sp³-hybridized carbons (Fsp3) is 0.0476. The third-order valence-electron chi connectivity index (χ3n) is 8.86. The summed E-state index contributed by atoms with van der Waals surface area (Å²) >= 11 is 14.4. The number of rotatable bonds is 7. The van der Waals surface area contributed by atoms with Gasteiger partial charge in [0.05, 0.1) is 17.1 Å². The highest BCUT2D eigenvalue weighted by Crippen LogP contribution is 2.54. The van der Waals surface area contributed by atoms with Gasteiger partial charge in [-0.05, 0) is 23.3 Å². The molecule has 0 amide bonds. The van der Waals surface area contributed by atoms with Gasteiger partial charge in [-0.2, -0.15) is 0 Å². The Morgan fingerprint density at radius 2 is 0.979 bits per heavy atom. The Labute approximate surface area is 290 Å². The summed E-state index contributed by atoms with van der Waals surface area (Å²) in [7, 11) is 0. The molecular formula is C42H30Cl2N4. The van der Waals surface area contributed by atoms with Crippen LogP contribution in [0.5, 0.6) is 0 Å². The van der Waals surface area contributed by atoms with E-state index in [1.54, 1.807) is 0 Å². The standard InChI is InChI=1S/C42H30Cl2N4/c43-35-27-15-13-25-33(35)42(34-26-14-16-28-36(34)44)47-39(31-21-9-3-10-22-31)40(32-23-11-4-12-24-32)48(42)41-45-37(29-17-5-1-6-18-29)38(46-41)30-19-7-2-8-20-30/h1-28,40H,(H,45,46). The molecule has 232 valence electrons. The van der Waals surface area contributed by atoms with Crippen LogP contribution in [0.25, 0.3) is 22.5 Å². The number of aromatic nitrogens is 2. The summed E-state index contributed by atoms with van der Waals surface area (Å²) in [4.78, 5) is 17.3. The number of nitrogens with zero attached hydrogens (tertiary/aromatic N) is 3. The summed E-state index contributed by atoms with van der Waals surface area (Å²) in [5.74, 6) is 0.635. The predicted octanol–water partition coefficient (Wildman–Crippen LogP) is 11.0. The number of imidazole rings is 1. The number of H-pyrrole nitrogens is 1. The lowest BCUT2D eigenvalue weighted by molar-refractivity contribution is 0.507. The molecular weight excluding hydrogens is 631 g/mol. The Hall–Kier alpha value is -5.42. The minimum absolute atomic E-state index is 0.375. The number of nitrogens with one attached hydrogen (secondary N) is 1. The molecule has 48 heavy (non-hydrogen) atoms. The number of anilines is 1. The molecule has 0 saturated carbocycles. The molecule has 6 aromatic carbocycles. The summed E-state index contributed by atoms with van der Waals surface area (Å²) in [6, 6.07) is 56.8. The molecule has 2 heterocycles. The Kier molecular flexibility index (Phi) is 7.89. The third kappa shape index (κ3) is 5.11. The van der Waals surface area contributed by atoms with Gasteiger partial charge in [0.25, 0.3) is 0 Å². The molecule has 0 spiro atoms. The van der Waals surface area contributed by atoms with E-state index >= 15 is 0 Å². The molecule has 0 radical (unpaired) electrons. The van der Waals surface area contributed by atoms with E-state index in [1.807, 2.05) is 109 Å². The van der Waals surface area contributed by atoms with E-state index in [9.17, 15) is 0 Å². The fourth-order valence-corrected chi connectivity index (χ4v) is 7.29. The van der Waals surface area contributed by atoms with Crippen LogP contribution in [-0.2, 0) is 5.66 Å². The lowest BCUT2D eigenvalue weighted by Crippen LogP contribution is -2.45. The second-order valence-corrected chi connectivity index (χ2v) is 12.5. The van der Waals surface area contributed by atoms with Gasteiger partial charge < -0.3 is 4.98 Å². The number of aromatic amines is 1. The molecule has 0 aliphatic carbocycles. The minimum Gasteiger partial charge on any atom is -0.323 e. The zero-order chi connectivity index (χ0) is 32.5. The van der Waals surface area contributed by atoms with Gasteiger partial charge in [-0.3, -0.25) is 4.90 Å². The molecule has 1 aliphatic rings. The number of hydrogen-bond donors (Lipinski definition) is 1. The van der Waals surface area contributed by atoms with Crippen molar-refractivity contribution in [3.05, 3.63) is 202 Å². The highest BCUT2D eigenvalue weighted by Gasteiger charge is 2.54. The van der Waals surface area contributed by atoms with Crippen molar-refractivity contribution in [3.8, 4) is 22.5 Å². The van der Waals surface area contributed by atoms with Crippen LogP contribution in [0.15, 0.2) is 175 Å². The van der Waals surface area contributed by atoms with Crippen molar-refractivity contribution in [2.75, 3.05) is 4.90 Å². The Morgan fingerprint density at radius 1 is 0.521 bits per heavy atom. The summed E-state index contributed by atoms with van der Waals surface area (Å²) in [5.41, 5.74) is 7.08. The van der Waals surface area contributed by atoms with E-state index in [0.29, 0.717) is 16.0 Å². The van der Waals surface area contributed by atoms with Crippen LogP contribution in [-0.4, -0.2) is 15.7 Å². The number of benzene rings is 6. The van der Waals surface area contributed by atoms with Gasteiger partial charge in [-0.25, -0.2) is 9.98 Å². The van der Waals surface area contributed by atoms with Gasteiger partial charge in [0.15, 0.2) is 5.66 Å². The van der Waals surface area contributed by atoms with Crippen molar-refractivity contribution in [1.29, 1.82) is 0 Å². The monoisotopic (exact) mass is 660 g/mol. The Bertz CT molecular complexity index is 2110. The number of aliphatic imine (C=N–C) groups is 1. The molecule has 0 fully saturated rings. The van der Waals surface area contributed by atoms with Gasteiger partial charge in [0.1, 0.15) is 6.04 Å². The lowest BCUT2D eigenvalue weighted by Gasteiger charge is -2.41. The van der Waals surface area contributed by atoms with E-state index in [2.05, 4.69) is 70.5 Å². The average molecular weight is 662 g/mol. The highest BCUT2D eigenvalue weighted by atomic mass is 35.5. The van der Waals surface area contributed by atoms with Crippen LogP contribution in [0.4, 0.5) is 5.95 Å². The molecule has 7 aromatic rings. The lowest BCUT2D eigenvalue weighted by atomic mass is 9.89. The van der Waals surface area contributed by atoms with Crippen LogP contribution in [0.3, 0.4) is 0 Å². The molecule has 0 saturated heterocycles. The van der Waals surface area contributed by atoms with Crippen molar-refractivity contribution in [2.45, 2.75) is 11.7 Å². The summed E-state index contributed by atoms with van der Waals surface area (Å²) in [6.45, 7) is 0. The molecule has 0 bridgehead atoms. The van der Waals surface area contributed by atoms with Crippen LogP contribution in [0, 0.1) is 0 Å². The first-order chi connectivity index (χ1) is 23.6. The molecule has 6 heteroatoms. The van der Waals surface area contributed by atoms with E-state index in [4.69, 9.17) is 33.2 Å². The van der Waals surface area contributed by atoms with Crippen LogP contribution >= 0.6 is 23.2 Å². The van der Waals surface area contributed by atoms with Crippen molar-refractivity contribution in [1.82, 2.24) is 9.97 Å². The van der Waals surface area contributed by atoms with E-state index in [0.717, 1.165) is 50.5 Å². The largest absolute Gasteiger partial charge is 0.323 e. The van der Waals surface area contributed by atoms with Crippen molar-refractivity contribution >= 4 is 34.9 Å². The molecule has 1 aliphatic heterocycles. The van der Waals surface area contributed by atoms with Gasteiger partial charge in [0, 0.05) is 32.3 Å². The molecule has 8 rings (SSSR count). The quantitative estimate of drug-likeness (QED) is 0.185. The second-order valence-electron chi connectivity index (χ2n) is 11.7. The van der Waals surface area contributed by atoms with Crippen molar-refractivity contribution in [3.63, 3.8) is 0 Å². The number of halogens is 2. The average Bonchev–Trinajstić information content (AvgIpc) is 3.74. The summed E-state index contributed by atoms with van der Waals surface area (Å²) in [6.07, 6.45) is 0. The van der Waals surface area contributed by atoms with Gasteiger partial charge >= 0.3 is 0 Å². The van der Waals surface area contributed by atoms with E-state index < -0.39 is 5.66 Å². The Morgan fingerprint density at radius 3 is 1.52 bits per heavy atom. The zero-order valence-corrected chi connectivity index (χ0v) is 27.4. The smallest absolute Gasteiger partial charge is 0.207 e. The molecule has 1 atom stereocenters. The van der Waals surface area contributed by atoms with E-state index in [1.165, 1.54) is 0 Å². The SMILES string of the molecule is Clc1ccccc1C1(c2ccccc2Cl)N=C(c2ccccc2)C(c2ccccc2)N1c1nc(-c2ccccc2)c(-c2ccccc2)[nH]1. The zero-order valence-electron chi connectivity index (χ0n) is 25.8. The number of hydrogen-bond acceptors (Lipinski definition) is 3. The first-order valence-electron chi connectivity index (χ1n) is 15.9. The third-order valence-corrected chi connectivity index (χ3v) is 9.52. The summed E-state index contributed by atoms with van der Waals surface area (Å²) < 4.78 is 0. The van der Waals surface area contributed by atoms with Crippen LogP contribution in [0.1, 0.15) is 28.3 Å². The predicted molar refractivity (Wildman–Crippen MR) is 198 cm³/mol. The molecule has 1 unspecified atom stereocenters. The van der Waals surface area contributed by atoms with Crippen molar-refractivity contribution < 1.29 is 0 Å². The molecule has 4 nitrogen and oxygen atoms in total. The first-order valence-corrected chi connectivity index (χ1v) is 16.6. The van der Waals surface area contributed by atoms with Crippen LogP contribution in [0.2, 0.25) is 10.0 Å². The molecule has 1 N–H and O–H groups in total. The first kappa shape index (κ1) is 29.9. The van der Waals surface area contributed by atoms with Gasteiger partial charge in [-0.15, -0.1) is 0 Å². The van der Waals surface area contributed by atoms with Crippen LogP contribution < -0.4 is 4.90 Å². The highest BCUT2D eigenvalue weighted by molar-refractivity contribution is 6.32. The molecule has 1 aromatic heterocycles. The van der Waals surface area contributed by atoms with Gasteiger partial charge in [0.2, 0.25) is 5.95 Å². The van der Waals surface area contributed by atoms with Crippen molar-refractivity contribution in [2.24, 2.45) is 4.99 Å². The Balaban J connectivity index is 1.51. The topological polar surface area (TPSA) is 44.3 Å². The van der Waals surface area contributed by atoms with Gasteiger partial charge in [-0.1, -0.05) is 181 Å². The maximum Gasteiger partial charge on any atom is 0.207 e. The second kappa shape index (κ2) is 12.6. The minimum atomic E-state index is -1.21. The normalized spacial score (nSPS) is 15.3. The fourth-order valence-electron chi connectivity index (χ4n) is 6.75. The van der Waals surface area contributed by atoms with E-state index in [-0.39, 0.29) is 6.04 Å².